The zero-order chi connectivity index (χ0) is 14.3. The minimum atomic E-state index is 0.123. The number of nitrogens with one attached hydrogen (secondary N) is 2. The first kappa shape index (κ1) is 13.4. The average molecular weight is 288 g/mol. The summed E-state index contributed by atoms with van der Waals surface area (Å²) in [6.07, 6.45) is 9.52. The van der Waals surface area contributed by atoms with Crippen molar-refractivity contribution in [3.05, 3.63) is 24.2 Å². The summed E-state index contributed by atoms with van der Waals surface area (Å²) < 4.78 is 5.26. The Balaban J connectivity index is 1.30. The Morgan fingerprint density at radius 3 is 2.43 bits per heavy atom. The van der Waals surface area contributed by atoms with Crippen LogP contribution in [-0.4, -0.2) is 18.0 Å². The zero-order valence-electron chi connectivity index (χ0n) is 12.4. The normalized spacial score (nSPS) is 36.9. The topological polar surface area (TPSA) is 54.3 Å². The first-order chi connectivity index (χ1) is 10.2. The summed E-state index contributed by atoms with van der Waals surface area (Å²) in [7, 11) is 0. The van der Waals surface area contributed by atoms with Crippen LogP contribution in [0.4, 0.5) is 0 Å². The number of hydrogen-bond acceptors (Lipinski definition) is 3. The summed E-state index contributed by atoms with van der Waals surface area (Å²) in [4.78, 5) is 12.3. The van der Waals surface area contributed by atoms with Crippen molar-refractivity contribution in [2.75, 3.05) is 6.54 Å². The third kappa shape index (κ3) is 2.73. The number of furan rings is 1. The molecular formula is C17H24N2O2. The van der Waals surface area contributed by atoms with Crippen molar-refractivity contribution in [3.8, 4) is 0 Å². The maximum absolute atomic E-state index is 12.3. The SMILES string of the molecule is O=C(CNCc1ccco1)NC12CC3CC(CC(C3)C1)C2. The number of carbonyl (C=O) groups is 1. The molecule has 21 heavy (non-hydrogen) atoms. The highest BCUT2D eigenvalue weighted by atomic mass is 16.3. The van der Waals surface area contributed by atoms with E-state index in [1.54, 1.807) is 6.26 Å². The molecule has 1 aromatic rings. The molecule has 0 aliphatic heterocycles. The lowest BCUT2D eigenvalue weighted by atomic mass is 9.53. The Morgan fingerprint density at radius 2 is 1.86 bits per heavy atom. The minimum Gasteiger partial charge on any atom is -0.468 e. The van der Waals surface area contributed by atoms with Crippen molar-refractivity contribution in [2.45, 2.75) is 50.6 Å². The van der Waals surface area contributed by atoms with Gasteiger partial charge in [-0.25, -0.2) is 0 Å². The Kier molecular flexibility index (Phi) is 3.29. The van der Waals surface area contributed by atoms with Crippen LogP contribution in [0.25, 0.3) is 0 Å². The van der Waals surface area contributed by atoms with E-state index in [4.69, 9.17) is 4.42 Å². The van der Waals surface area contributed by atoms with E-state index < -0.39 is 0 Å². The van der Waals surface area contributed by atoms with Crippen LogP contribution in [0, 0.1) is 17.8 Å². The van der Waals surface area contributed by atoms with Crippen molar-refractivity contribution in [2.24, 2.45) is 17.8 Å². The van der Waals surface area contributed by atoms with Crippen LogP contribution in [0.1, 0.15) is 44.3 Å². The summed E-state index contributed by atoms with van der Waals surface area (Å²) in [5.74, 6) is 3.62. The molecule has 1 amide bonds. The third-order valence-corrected chi connectivity index (χ3v) is 5.61. The van der Waals surface area contributed by atoms with Gasteiger partial charge in [0.25, 0.3) is 0 Å². The fourth-order valence-electron chi connectivity index (χ4n) is 5.32. The van der Waals surface area contributed by atoms with E-state index in [1.807, 2.05) is 12.1 Å². The van der Waals surface area contributed by atoms with Crippen LogP contribution in [-0.2, 0) is 11.3 Å². The van der Waals surface area contributed by atoms with Gasteiger partial charge < -0.3 is 15.1 Å². The second kappa shape index (κ2) is 5.16. The van der Waals surface area contributed by atoms with Crippen molar-refractivity contribution >= 4 is 5.91 Å². The van der Waals surface area contributed by atoms with E-state index in [-0.39, 0.29) is 11.4 Å². The van der Waals surface area contributed by atoms with Gasteiger partial charge in [0.1, 0.15) is 5.76 Å². The minimum absolute atomic E-state index is 0.123. The molecule has 4 heteroatoms. The molecule has 4 saturated carbocycles. The van der Waals surface area contributed by atoms with Gasteiger partial charge in [0, 0.05) is 5.54 Å². The van der Waals surface area contributed by atoms with Crippen LogP contribution in [0.5, 0.6) is 0 Å². The van der Waals surface area contributed by atoms with Gasteiger partial charge in [-0.3, -0.25) is 4.79 Å². The van der Waals surface area contributed by atoms with Crippen LogP contribution in [0.3, 0.4) is 0 Å². The van der Waals surface area contributed by atoms with Gasteiger partial charge in [0.05, 0.1) is 19.4 Å². The summed E-state index contributed by atoms with van der Waals surface area (Å²) in [5, 5.41) is 6.54. The molecule has 4 aliphatic carbocycles. The van der Waals surface area contributed by atoms with Gasteiger partial charge in [0.2, 0.25) is 5.91 Å². The molecule has 4 aliphatic rings. The quantitative estimate of drug-likeness (QED) is 0.875. The monoisotopic (exact) mass is 288 g/mol. The average Bonchev–Trinajstić information content (AvgIpc) is 2.89. The third-order valence-electron chi connectivity index (χ3n) is 5.61. The standard InChI is InChI=1S/C17H24N2O2/c20-16(11-18-10-15-2-1-3-21-15)19-17-7-12-4-13(8-17)6-14(5-12)9-17/h1-3,12-14,18H,4-11H2,(H,19,20). The maximum atomic E-state index is 12.3. The lowest BCUT2D eigenvalue weighted by Gasteiger charge is -2.56. The second-order valence-corrected chi connectivity index (χ2v) is 7.43. The molecule has 0 spiro atoms. The van der Waals surface area contributed by atoms with E-state index in [2.05, 4.69) is 10.6 Å². The van der Waals surface area contributed by atoms with Crippen molar-refractivity contribution in [1.82, 2.24) is 10.6 Å². The van der Waals surface area contributed by atoms with Crippen molar-refractivity contribution in [1.29, 1.82) is 0 Å². The van der Waals surface area contributed by atoms with E-state index in [1.165, 1.54) is 38.5 Å². The van der Waals surface area contributed by atoms with Gasteiger partial charge in [-0.05, 0) is 68.4 Å². The molecule has 0 radical (unpaired) electrons. The molecule has 5 rings (SSSR count). The molecule has 0 aromatic carbocycles. The highest BCUT2D eigenvalue weighted by molar-refractivity contribution is 5.79. The largest absolute Gasteiger partial charge is 0.468 e. The molecule has 4 bridgehead atoms. The highest BCUT2D eigenvalue weighted by Gasteiger charge is 2.51. The summed E-state index contributed by atoms with van der Waals surface area (Å²) >= 11 is 0. The first-order valence-electron chi connectivity index (χ1n) is 8.25. The Labute approximate surface area is 125 Å². The molecule has 2 N–H and O–H groups in total. The van der Waals surface area contributed by atoms with Crippen molar-refractivity contribution in [3.63, 3.8) is 0 Å². The molecule has 114 valence electrons. The van der Waals surface area contributed by atoms with E-state index in [0.717, 1.165) is 23.5 Å². The molecule has 4 fully saturated rings. The number of amides is 1. The Bertz CT molecular complexity index is 474. The summed E-state index contributed by atoms with van der Waals surface area (Å²) in [6, 6.07) is 3.79. The lowest BCUT2D eigenvalue weighted by molar-refractivity contribution is -0.126. The summed E-state index contributed by atoms with van der Waals surface area (Å²) in [6.45, 7) is 0.990. The number of hydrogen-bond donors (Lipinski definition) is 2. The first-order valence-corrected chi connectivity index (χ1v) is 8.25. The van der Waals surface area contributed by atoms with Crippen LogP contribution >= 0.6 is 0 Å². The molecule has 1 aromatic heterocycles. The van der Waals surface area contributed by atoms with E-state index in [0.29, 0.717) is 13.1 Å². The van der Waals surface area contributed by atoms with E-state index >= 15 is 0 Å². The fourth-order valence-corrected chi connectivity index (χ4v) is 5.32. The smallest absolute Gasteiger partial charge is 0.234 e. The van der Waals surface area contributed by atoms with E-state index in [9.17, 15) is 4.79 Å². The molecule has 0 atom stereocenters. The molecular weight excluding hydrogens is 264 g/mol. The van der Waals surface area contributed by atoms with Crippen LogP contribution < -0.4 is 10.6 Å². The van der Waals surface area contributed by atoms with Gasteiger partial charge in [-0.2, -0.15) is 0 Å². The van der Waals surface area contributed by atoms with Gasteiger partial charge in [-0.1, -0.05) is 0 Å². The zero-order valence-corrected chi connectivity index (χ0v) is 12.4. The van der Waals surface area contributed by atoms with Gasteiger partial charge in [-0.15, -0.1) is 0 Å². The number of carbonyl (C=O) groups excluding carboxylic acids is 1. The van der Waals surface area contributed by atoms with Gasteiger partial charge >= 0.3 is 0 Å². The number of rotatable bonds is 5. The molecule has 4 nitrogen and oxygen atoms in total. The molecule has 1 heterocycles. The van der Waals surface area contributed by atoms with Crippen molar-refractivity contribution < 1.29 is 9.21 Å². The maximum Gasteiger partial charge on any atom is 0.234 e. The lowest BCUT2D eigenvalue weighted by Crippen LogP contribution is -2.60. The fraction of sp³-hybridized carbons (Fsp3) is 0.706. The predicted octanol–water partition coefficient (Wildman–Crippen LogP) is 2.45. The van der Waals surface area contributed by atoms with Crippen LogP contribution in [0.2, 0.25) is 0 Å². The highest BCUT2D eigenvalue weighted by Crippen LogP contribution is 2.55. The Hall–Kier alpha value is -1.29. The molecule has 0 saturated heterocycles. The second-order valence-electron chi connectivity index (χ2n) is 7.43. The van der Waals surface area contributed by atoms with Crippen LogP contribution in [0.15, 0.2) is 22.8 Å². The van der Waals surface area contributed by atoms with Gasteiger partial charge in [0.15, 0.2) is 0 Å². The molecule has 0 unspecified atom stereocenters. The predicted molar refractivity (Wildman–Crippen MR) is 79.5 cm³/mol. The summed E-state index contributed by atoms with van der Waals surface area (Å²) in [5.41, 5.74) is 0.123. The Morgan fingerprint density at radius 1 is 1.19 bits per heavy atom.